The minimum atomic E-state index is -0.228. The Morgan fingerprint density at radius 2 is 1.96 bits per heavy atom. The van der Waals surface area contributed by atoms with Gasteiger partial charge in [0.15, 0.2) is 11.5 Å². The van der Waals surface area contributed by atoms with Crippen molar-refractivity contribution in [2.75, 3.05) is 23.8 Å². The standard InChI is InChI=1S/C19H26N4O/c1-5-7-13-23(4)17-12-11-16(21-22-17)19(24)20-18-14(3)9-8-10-15(18)6-2/h8-12H,5-7,13H2,1-4H3,(H,20,24). The van der Waals surface area contributed by atoms with E-state index in [9.17, 15) is 4.79 Å². The van der Waals surface area contributed by atoms with E-state index in [0.29, 0.717) is 5.69 Å². The number of nitrogens with zero attached hydrogens (tertiary/aromatic N) is 3. The molecule has 1 aromatic carbocycles. The van der Waals surface area contributed by atoms with Crippen LogP contribution in [0.2, 0.25) is 0 Å². The third kappa shape index (κ3) is 4.31. The van der Waals surface area contributed by atoms with Gasteiger partial charge in [-0.3, -0.25) is 4.79 Å². The van der Waals surface area contributed by atoms with Gasteiger partial charge in [0.05, 0.1) is 0 Å². The number of anilines is 2. The van der Waals surface area contributed by atoms with E-state index in [1.807, 2.05) is 38.2 Å². The zero-order valence-electron chi connectivity index (χ0n) is 15.0. The van der Waals surface area contributed by atoms with E-state index >= 15 is 0 Å². The number of aryl methyl sites for hydroxylation is 2. The van der Waals surface area contributed by atoms with Crippen LogP contribution in [0.3, 0.4) is 0 Å². The normalized spacial score (nSPS) is 10.5. The number of aromatic nitrogens is 2. The molecule has 0 aliphatic rings. The number of nitrogens with one attached hydrogen (secondary N) is 1. The Morgan fingerprint density at radius 1 is 1.17 bits per heavy atom. The molecule has 2 aromatic rings. The molecule has 0 radical (unpaired) electrons. The SMILES string of the molecule is CCCCN(C)c1ccc(C(=O)Nc2c(C)cccc2CC)nn1. The number of rotatable bonds is 7. The van der Waals surface area contributed by atoms with Crippen LogP contribution in [-0.2, 0) is 6.42 Å². The van der Waals surface area contributed by atoms with E-state index in [4.69, 9.17) is 0 Å². The molecule has 5 heteroatoms. The summed E-state index contributed by atoms with van der Waals surface area (Å²) in [6, 6.07) is 9.59. The lowest BCUT2D eigenvalue weighted by atomic mass is 10.1. The number of unbranched alkanes of at least 4 members (excludes halogenated alkanes) is 1. The van der Waals surface area contributed by atoms with Crippen molar-refractivity contribution in [1.29, 1.82) is 0 Å². The number of carbonyl (C=O) groups excluding carboxylic acids is 1. The van der Waals surface area contributed by atoms with E-state index in [1.165, 1.54) is 0 Å². The Balaban J connectivity index is 2.11. The molecule has 0 spiro atoms. The van der Waals surface area contributed by atoms with Gasteiger partial charge in [-0.25, -0.2) is 0 Å². The monoisotopic (exact) mass is 326 g/mol. The van der Waals surface area contributed by atoms with Gasteiger partial charge in [0.1, 0.15) is 0 Å². The summed E-state index contributed by atoms with van der Waals surface area (Å²) in [4.78, 5) is 14.5. The summed E-state index contributed by atoms with van der Waals surface area (Å²) in [6.07, 6.45) is 3.10. The summed E-state index contributed by atoms with van der Waals surface area (Å²) in [5, 5.41) is 11.2. The molecular weight excluding hydrogens is 300 g/mol. The lowest BCUT2D eigenvalue weighted by molar-refractivity contribution is 0.102. The lowest BCUT2D eigenvalue weighted by Gasteiger charge is -2.17. The van der Waals surface area contributed by atoms with Crippen LogP contribution in [0.1, 0.15) is 48.3 Å². The molecule has 0 saturated carbocycles. The highest BCUT2D eigenvalue weighted by Crippen LogP contribution is 2.21. The predicted octanol–water partition coefficient (Wildman–Crippen LogP) is 3.84. The van der Waals surface area contributed by atoms with Crippen molar-refractivity contribution in [2.45, 2.75) is 40.0 Å². The van der Waals surface area contributed by atoms with E-state index in [1.54, 1.807) is 6.07 Å². The molecule has 1 amide bonds. The number of amides is 1. The van der Waals surface area contributed by atoms with Crippen molar-refractivity contribution in [3.8, 4) is 0 Å². The first kappa shape index (κ1) is 17.9. The van der Waals surface area contributed by atoms with Crippen molar-refractivity contribution in [3.05, 3.63) is 47.2 Å². The molecule has 1 aromatic heterocycles. The fraction of sp³-hybridized carbons (Fsp3) is 0.421. The third-order valence-corrected chi connectivity index (χ3v) is 4.10. The van der Waals surface area contributed by atoms with E-state index in [0.717, 1.165) is 48.4 Å². The third-order valence-electron chi connectivity index (χ3n) is 4.10. The first-order valence-electron chi connectivity index (χ1n) is 8.51. The molecule has 1 heterocycles. The number of benzene rings is 1. The van der Waals surface area contributed by atoms with Crippen molar-refractivity contribution >= 4 is 17.4 Å². The molecule has 0 fully saturated rings. The van der Waals surface area contributed by atoms with Crippen LogP contribution >= 0.6 is 0 Å². The average molecular weight is 326 g/mol. The Morgan fingerprint density at radius 3 is 2.58 bits per heavy atom. The highest BCUT2D eigenvalue weighted by atomic mass is 16.1. The van der Waals surface area contributed by atoms with E-state index in [2.05, 4.69) is 34.3 Å². The molecular formula is C19H26N4O. The lowest BCUT2D eigenvalue weighted by Crippen LogP contribution is -2.21. The van der Waals surface area contributed by atoms with Crippen LogP contribution in [0.25, 0.3) is 0 Å². The molecule has 0 saturated heterocycles. The minimum absolute atomic E-state index is 0.228. The number of carbonyl (C=O) groups is 1. The molecule has 0 bridgehead atoms. The molecule has 128 valence electrons. The summed E-state index contributed by atoms with van der Waals surface area (Å²) in [5.74, 6) is 0.555. The van der Waals surface area contributed by atoms with Crippen LogP contribution in [0.4, 0.5) is 11.5 Å². The number of hydrogen-bond acceptors (Lipinski definition) is 4. The predicted molar refractivity (Wildman–Crippen MR) is 98.7 cm³/mol. The topological polar surface area (TPSA) is 58.1 Å². The molecule has 5 nitrogen and oxygen atoms in total. The second kappa shape index (κ2) is 8.43. The van der Waals surface area contributed by atoms with Gasteiger partial charge in [-0.15, -0.1) is 10.2 Å². The van der Waals surface area contributed by atoms with Crippen molar-refractivity contribution in [2.24, 2.45) is 0 Å². The molecule has 1 N–H and O–H groups in total. The van der Waals surface area contributed by atoms with Gasteiger partial charge >= 0.3 is 0 Å². The smallest absolute Gasteiger partial charge is 0.276 e. The van der Waals surface area contributed by atoms with Crippen LogP contribution in [-0.4, -0.2) is 29.7 Å². The largest absolute Gasteiger partial charge is 0.358 e. The molecule has 0 aliphatic carbocycles. The van der Waals surface area contributed by atoms with Gasteiger partial charge in [0.25, 0.3) is 5.91 Å². The first-order chi connectivity index (χ1) is 11.6. The van der Waals surface area contributed by atoms with Gasteiger partial charge in [-0.2, -0.15) is 0 Å². The van der Waals surface area contributed by atoms with Gasteiger partial charge in [0, 0.05) is 19.3 Å². The maximum Gasteiger partial charge on any atom is 0.276 e. The molecule has 0 aliphatic heterocycles. The molecule has 24 heavy (non-hydrogen) atoms. The minimum Gasteiger partial charge on any atom is -0.358 e. The summed E-state index contributed by atoms with van der Waals surface area (Å²) < 4.78 is 0. The van der Waals surface area contributed by atoms with Gasteiger partial charge in [-0.05, 0) is 43.0 Å². The second-order valence-corrected chi connectivity index (χ2v) is 5.97. The summed E-state index contributed by atoms with van der Waals surface area (Å²) in [7, 11) is 1.99. The quantitative estimate of drug-likeness (QED) is 0.840. The van der Waals surface area contributed by atoms with Gasteiger partial charge < -0.3 is 10.2 Å². The molecule has 2 rings (SSSR count). The van der Waals surface area contributed by atoms with Gasteiger partial charge in [0.2, 0.25) is 0 Å². The van der Waals surface area contributed by atoms with Crippen molar-refractivity contribution < 1.29 is 4.79 Å². The summed E-state index contributed by atoms with van der Waals surface area (Å²) in [5.41, 5.74) is 3.36. The summed E-state index contributed by atoms with van der Waals surface area (Å²) in [6.45, 7) is 7.15. The number of para-hydroxylation sites is 1. The molecule has 0 atom stereocenters. The maximum atomic E-state index is 12.5. The zero-order valence-corrected chi connectivity index (χ0v) is 15.0. The second-order valence-electron chi connectivity index (χ2n) is 5.97. The van der Waals surface area contributed by atoms with Gasteiger partial charge in [-0.1, -0.05) is 38.5 Å². The highest BCUT2D eigenvalue weighted by Gasteiger charge is 2.13. The summed E-state index contributed by atoms with van der Waals surface area (Å²) >= 11 is 0. The number of hydrogen-bond donors (Lipinski definition) is 1. The van der Waals surface area contributed by atoms with Crippen molar-refractivity contribution in [3.63, 3.8) is 0 Å². The van der Waals surface area contributed by atoms with E-state index < -0.39 is 0 Å². The Hall–Kier alpha value is -2.43. The Kier molecular flexibility index (Phi) is 6.29. The maximum absolute atomic E-state index is 12.5. The van der Waals surface area contributed by atoms with Crippen molar-refractivity contribution in [1.82, 2.24) is 10.2 Å². The molecule has 0 unspecified atom stereocenters. The van der Waals surface area contributed by atoms with Crippen LogP contribution < -0.4 is 10.2 Å². The fourth-order valence-corrected chi connectivity index (χ4v) is 2.54. The van der Waals surface area contributed by atoms with Crippen LogP contribution in [0, 0.1) is 6.92 Å². The van der Waals surface area contributed by atoms with Crippen LogP contribution in [0.15, 0.2) is 30.3 Å². The highest BCUT2D eigenvalue weighted by molar-refractivity contribution is 6.03. The van der Waals surface area contributed by atoms with Crippen LogP contribution in [0.5, 0.6) is 0 Å². The van der Waals surface area contributed by atoms with E-state index in [-0.39, 0.29) is 5.91 Å². The first-order valence-corrected chi connectivity index (χ1v) is 8.51. The average Bonchev–Trinajstić information content (AvgIpc) is 2.61. The fourth-order valence-electron chi connectivity index (χ4n) is 2.54. The Labute approximate surface area is 144 Å². The Bertz CT molecular complexity index is 682. The zero-order chi connectivity index (χ0) is 17.5.